The minimum absolute atomic E-state index is 0.00629. The molecule has 342 valence electrons. The molecule has 3 heterocycles. The maximum atomic E-state index is 5.55. The van der Waals surface area contributed by atoms with Crippen LogP contribution in [0.3, 0.4) is 0 Å². The van der Waals surface area contributed by atoms with Crippen molar-refractivity contribution in [3.05, 3.63) is 248 Å². The monoisotopic (exact) mass is 939 g/mol. The number of hydrogen-bond acceptors (Lipinski definition) is 3. The van der Waals surface area contributed by atoms with Gasteiger partial charge >= 0.3 is 0 Å². The molecule has 0 aliphatic carbocycles. The molecule has 0 atom stereocenters. The average Bonchev–Trinajstić information content (AvgIpc) is 3.98. The smallest absolute Gasteiger partial charge is 0.160 e. The van der Waals surface area contributed by atoms with Gasteiger partial charge in [-0.05, 0) is 92.4 Å². The van der Waals surface area contributed by atoms with Crippen LogP contribution in [-0.2, 0) is 5.41 Å². The Morgan fingerprint density at radius 3 is 1.46 bits per heavy atom. The molecule has 72 heavy (non-hydrogen) atoms. The number of hydrogen-bond donors (Lipinski definition) is 0. The van der Waals surface area contributed by atoms with Gasteiger partial charge in [0.25, 0.3) is 0 Å². The van der Waals surface area contributed by atoms with Crippen LogP contribution in [0.15, 0.2) is 243 Å². The van der Waals surface area contributed by atoms with Crippen molar-refractivity contribution in [2.45, 2.75) is 26.2 Å². The third kappa shape index (κ3) is 7.60. The summed E-state index contributed by atoms with van der Waals surface area (Å²) in [5, 5.41) is 3.52. The summed E-state index contributed by atoms with van der Waals surface area (Å²) in [5.74, 6) is 0.709. The Hall–Kier alpha value is -8.70. The lowest BCUT2D eigenvalue weighted by Gasteiger charge is -2.23. The van der Waals surface area contributed by atoms with Crippen LogP contribution in [0.2, 0.25) is 0 Å². The highest BCUT2D eigenvalue weighted by Gasteiger charge is 2.27. The van der Waals surface area contributed by atoms with Gasteiger partial charge in [0.05, 0.1) is 32.6 Å². The van der Waals surface area contributed by atoms with Crippen molar-refractivity contribution in [1.29, 1.82) is 0 Å². The third-order valence-electron chi connectivity index (χ3n) is 14.2. The Kier molecular flexibility index (Phi) is 10.6. The van der Waals surface area contributed by atoms with E-state index in [1.54, 1.807) is 11.3 Å². The molecular weight excluding hydrogens is 891 g/mol. The van der Waals surface area contributed by atoms with Crippen LogP contribution in [-0.4, -0.2) is 14.5 Å². The van der Waals surface area contributed by atoms with Crippen molar-refractivity contribution in [1.82, 2.24) is 14.5 Å². The zero-order chi connectivity index (χ0) is 48.3. The van der Waals surface area contributed by atoms with E-state index in [0.29, 0.717) is 5.82 Å². The summed E-state index contributed by atoms with van der Waals surface area (Å²) >= 11 is 1.77. The van der Waals surface area contributed by atoms with E-state index in [0.717, 1.165) is 71.4 Å². The topological polar surface area (TPSA) is 30.7 Å². The van der Waals surface area contributed by atoms with Crippen LogP contribution in [0.1, 0.15) is 26.3 Å². The second-order valence-electron chi connectivity index (χ2n) is 19.7. The van der Waals surface area contributed by atoms with Gasteiger partial charge in [0.2, 0.25) is 0 Å². The number of aromatic nitrogens is 3. The molecule has 3 aromatic heterocycles. The largest absolute Gasteiger partial charge is 0.307 e. The average molecular weight is 940 g/mol. The molecule has 0 saturated heterocycles. The number of fused-ring (bicyclic) bond motifs is 6. The van der Waals surface area contributed by atoms with Crippen LogP contribution < -0.4 is 0 Å². The standard InChI is InChI=1S/C68H49N3S/c1-68(2,3)53-36-33-48(34-37-53)55-40-51(45-23-11-5-12-24-45)41-59-58-39-50(44-21-9-4-10-22-44)35-38-60(58)71(65(55)59)64-56(46-25-13-6-14-26-46)42-52(43-57(64)47-27-15-7-16-28-47)62-66-63(54-31-19-20-32-61(54)72-66)70-67(69-62)49-29-17-8-18-30-49/h4-43H,1-3H3. The molecule has 0 N–H and O–H groups in total. The minimum atomic E-state index is 0.00629. The zero-order valence-corrected chi connectivity index (χ0v) is 41.2. The summed E-state index contributed by atoms with van der Waals surface area (Å²) in [6, 6.07) is 88.4. The van der Waals surface area contributed by atoms with E-state index in [1.807, 2.05) is 6.07 Å². The van der Waals surface area contributed by atoms with Gasteiger partial charge in [-0.2, -0.15) is 0 Å². The third-order valence-corrected chi connectivity index (χ3v) is 15.3. The molecule has 0 fully saturated rings. The van der Waals surface area contributed by atoms with Gasteiger partial charge in [-0.3, -0.25) is 0 Å². The number of nitrogens with zero attached hydrogens (tertiary/aromatic N) is 3. The molecule has 0 radical (unpaired) electrons. The molecule has 0 bridgehead atoms. The Morgan fingerprint density at radius 1 is 0.375 bits per heavy atom. The second kappa shape index (κ2) is 17.6. The fraction of sp³-hybridized carbons (Fsp3) is 0.0588. The lowest BCUT2D eigenvalue weighted by atomic mass is 9.86. The lowest BCUT2D eigenvalue weighted by molar-refractivity contribution is 0.590. The number of benzene rings is 10. The van der Waals surface area contributed by atoms with Crippen molar-refractivity contribution in [2.75, 3.05) is 0 Å². The van der Waals surface area contributed by atoms with Crippen LogP contribution in [0.5, 0.6) is 0 Å². The molecule has 4 heteroatoms. The maximum Gasteiger partial charge on any atom is 0.160 e. The predicted octanol–water partition coefficient (Wildman–Crippen LogP) is 18.9. The zero-order valence-electron chi connectivity index (χ0n) is 40.3. The molecule has 0 spiro atoms. The van der Waals surface area contributed by atoms with Crippen molar-refractivity contribution in [2.24, 2.45) is 0 Å². The molecule has 0 aliphatic rings. The van der Waals surface area contributed by atoms with Crippen LogP contribution in [0.4, 0.5) is 0 Å². The summed E-state index contributed by atoms with van der Waals surface area (Å²) in [6.07, 6.45) is 0. The Morgan fingerprint density at radius 2 is 0.861 bits per heavy atom. The molecule has 0 amide bonds. The minimum Gasteiger partial charge on any atom is -0.307 e. The molecule has 10 aromatic carbocycles. The van der Waals surface area contributed by atoms with Gasteiger partial charge in [0, 0.05) is 48.7 Å². The van der Waals surface area contributed by atoms with Gasteiger partial charge in [-0.1, -0.05) is 221 Å². The van der Waals surface area contributed by atoms with Crippen LogP contribution in [0, 0.1) is 0 Å². The van der Waals surface area contributed by atoms with E-state index in [1.165, 1.54) is 54.4 Å². The maximum absolute atomic E-state index is 5.55. The van der Waals surface area contributed by atoms with Gasteiger partial charge in [-0.25, -0.2) is 9.97 Å². The fourth-order valence-corrected chi connectivity index (χ4v) is 11.7. The van der Waals surface area contributed by atoms with Crippen LogP contribution >= 0.6 is 11.3 Å². The van der Waals surface area contributed by atoms with E-state index < -0.39 is 0 Å². The van der Waals surface area contributed by atoms with Gasteiger partial charge in [-0.15, -0.1) is 11.3 Å². The normalized spacial score (nSPS) is 11.8. The van der Waals surface area contributed by atoms with Gasteiger partial charge in [0.1, 0.15) is 0 Å². The summed E-state index contributed by atoms with van der Waals surface area (Å²) in [6.45, 7) is 6.86. The molecule has 0 aliphatic heterocycles. The van der Waals surface area contributed by atoms with E-state index in [-0.39, 0.29) is 5.41 Å². The molecular formula is C68H49N3S. The molecule has 3 nitrogen and oxygen atoms in total. The Bertz CT molecular complexity index is 4070. The highest BCUT2D eigenvalue weighted by Crippen LogP contribution is 2.49. The second-order valence-corrected chi connectivity index (χ2v) is 20.8. The van der Waals surface area contributed by atoms with Gasteiger partial charge in [0.15, 0.2) is 5.82 Å². The van der Waals surface area contributed by atoms with E-state index in [2.05, 4.69) is 262 Å². The molecule has 0 saturated carbocycles. The van der Waals surface area contributed by atoms with Crippen LogP contribution in [0.25, 0.3) is 126 Å². The first-order valence-electron chi connectivity index (χ1n) is 24.7. The fourth-order valence-electron chi connectivity index (χ4n) is 10.5. The molecule has 13 rings (SSSR count). The van der Waals surface area contributed by atoms with Crippen molar-refractivity contribution in [3.8, 4) is 84.0 Å². The first-order valence-corrected chi connectivity index (χ1v) is 25.5. The lowest BCUT2D eigenvalue weighted by Crippen LogP contribution is -2.10. The predicted molar refractivity (Wildman–Crippen MR) is 306 cm³/mol. The summed E-state index contributed by atoms with van der Waals surface area (Å²) in [7, 11) is 0. The summed E-state index contributed by atoms with van der Waals surface area (Å²) in [4.78, 5) is 10.9. The first-order chi connectivity index (χ1) is 35.3. The number of thiophene rings is 1. The highest BCUT2D eigenvalue weighted by atomic mass is 32.1. The SMILES string of the molecule is CC(C)(C)c1ccc(-c2cc(-c3ccccc3)cc3c4cc(-c5ccccc5)ccc4n(-c4c(-c5ccccc5)cc(-c5nc(-c6ccccc6)nc6c5sc5ccccc56)cc4-c4ccccc4)c23)cc1. The van der Waals surface area contributed by atoms with Crippen molar-refractivity contribution >= 4 is 53.4 Å². The summed E-state index contributed by atoms with van der Waals surface area (Å²) < 4.78 is 4.84. The van der Waals surface area contributed by atoms with Gasteiger partial charge < -0.3 is 4.57 Å². The van der Waals surface area contributed by atoms with Crippen molar-refractivity contribution in [3.63, 3.8) is 0 Å². The van der Waals surface area contributed by atoms with E-state index in [4.69, 9.17) is 9.97 Å². The van der Waals surface area contributed by atoms with E-state index in [9.17, 15) is 0 Å². The van der Waals surface area contributed by atoms with Crippen molar-refractivity contribution < 1.29 is 0 Å². The Balaban J connectivity index is 1.20. The number of rotatable bonds is 8. The molecule has 0 unspecified atom stereocenters. The first kappa shape index (κ1) is 43.3. The van der Waals surface area contributed by atoms with E-state index >= 15 is 0 Å². The summed E-state index contributed by atoms with van der Waals surface area (Å²) in [5.41, 5.74) is 20.1. The Labute approximate surface area is 424 Å². The highest BCUT2D eigenvalue weighted by molar-refractivity contribution is 7.26. The molecule has 13 aromatic rings. The quantitative estimate of drug-likeness (QED) is 0.152.